The van der Waals surface area contributed by atoms with E-state index in [0.29, 0.717) is 22.9 Å². The summed E-state index contributed by atoms with van der Waals surface area (Å²) < 4.78 is 14.7. The minimum absolute atomic E-state index is 0.162. The van der Waals surface area contributed by atoms with Gasteiger partial charge < -0.3 is 20.1 Å². The SMILES string of the molecule is CCNC(=O)c1c2cccnc2c(O)c2c(O)n(Cc3ccc(F)cc3)cc12. The summed E-state index contributed by atoms with van der Waals surface area (Å²) in [5, 5.41) is 25.3. The van der Waals surface area contributed by atoms with Crippen molar-refractivity contribution < 1.29 is 19.4 Å². The third-order valence-corrected chi connectivity index (χ3v) is 4.69. The van der Waals surface area contributed by atoms with E-state index < -0.39 is 0 Å². The summed E-state index contributed by atoms with van der Waals surface area (Å²) in [4.78, 5) is 16.9. The summed E-state index contributed by atoms with van der Waals surface area (Å²) in [6.07, 6.45) is 3.13. The van der Waals surface area contributed by atoms with E-state index in [2.05, 4.69) is 10.3 Å². The Labute approximate surface area is 159 Å². The number of nitrogens with zero attached hydrogens (tertiary/aromatic N) is 2. The number of aromatic hydroxyl groups is 2. The minimum atomic E-state index is -0.348. The van der Waals surface area contributed by atoms with Gasteiger partial charge in [-0.25, -0.2) is 4.39 Å². The van der Waals surface area contributed by atoms with E-state index in [-0.39, 0.29) is 40.8 Å². The third-order valence-electron chi connectivity index (χ3n) is 4.69. The van der Waals surface area contributed by atoms with Crippen LogP contribution in [0.25, 0.3) is 21.7 Å². The molecule has 4 aromatic rings. The van der Waals surface area contributed by atoms with E-state index in [4.69, 9.17) is 0 Å². The van der Waals surface area contributed by atoms with Gasteiger partial charge in [0.1, 0.15) is 11.3 Å². The van der Waals surface area contributed by atoms with E-state index in [0.717, 1.165) is 5.56 Å². The van der Waals surface area contributed by atoms with Gasteiger partial charge in [-0.3, -0.25) is 9.78 Å². The summed E-state index contributed by atoms with van der Waals surface area (Å²) in [7, 11) is 0. The van der Waals surface area contributed by atoms with Crippen LogP contribution in [0.2, 0.25) is 0 Å². The number of nitrogens with one attached hydrogen (secondary N) is 1. The van der Waals surface area contributed by atoms with Crippen LogP contribution in [0.3, 0.4) is 0 Å². The highest BCUT2D eigenvalue weighted by Crippen LogP contribution is 2.42. The zero-order chi connectivity index (χ0) is 19.8. The molecule has 2 heterocycles. The van der Waals surface area contributed by atoms with Gasteiger partial charge >= 0.3 is 0 Å². The smallest absolute Gasteiger partial charge is 0.252 e. The van der Waals surface area contributed by atoms with Crippen molar-refractivity contribution >= 4 is 27.6 Å². The second-order valence-electron chi connectivity index (χ2n) is 6.48. The number of hydrogen-bond acceptors (Lipinski definition) is 4. The number of hydrogen-bond donors (Lipinski definition) is 3. The predicted octanol–water partition coefficient (Wildman–Crippen LogP) is 3.54. The molecule has 142 valence electrons. The van der Waals surface area contributed by atoms with Gasteiger partial charge in [0.15, 0.2) is 5.75 Å². The number of amides is 1. The van der Waals surface area contributed by atoms with Crippen LogP contribution >= 0.6 is 0 Å². The third kappa shape index (κ3) is 2.81. The number of carbonyl (C=O) groups is 1. The van der Waals surface area contributed by atoms with Crippen LogP contribution in [0.5, 0.6) is 11.6 Å². The van der Waals surface area contributed by atoms with Crippen LogP contribution in [0.15, 0.2) is 48.8 Å². The fourth-order valence-corrected chi connectivity index (χ4v) is 3.43. The first kappa shape index (κ1) is 17.8. The van der Waals surface area contributed by atoms with Crippen LogP contribution in [-0.4, -0.2) is 32.2 Å². The van der Waals surface area contributed by atoms with Crippen molar-refractivity contribution in [1.29, 1.82) is 0 Å². The minimum Gasteiger partial charge on any atom is -0.505 e. The molecule has 0 saturated carbocycles. The number of halogens is 1. The molecular formula is C21H18FN3O3. The summed E-state index contributed by atoms with van der Waals surface area (Å²) in [5.41, 5.74) is 1.34. The Morgan fingerprint density at radius 2 is 1.93 bits per heavy atom. The van der Waals surface area contributed by atoms with Crippen molar-refractivity contribution in [2.75, 3.05) is 6.54 Å². The number of benzene rings is 2. The van der Waals surface area contributed by atoms with Crippen molar-refractivity contribution in [3.05, 3.63) is 65.7 Å². The first-order valence-electron chi connectivity index (χ1n) is 8.85. The topological polar surface area (TPSA) is 87.4 Å². The van der Waals surface area contributed by atoms with Gasteiger partial charge in [-0.2, -0.15) is 0 Å². The van der Waals surface area contributed by atoms with Crippen LogP contribution < -0.4 is 5.32 Å². The highest BCUT2D eigenvalue weighted by atomic mass is 19.1. The monoisotopic (exact) mass is 379 g/mol. The van der Waals surface area contributed by atoms with E-state index in [9.17, 15) is 19.4 Å². The average Bonchev–Trinajstić information content (AvgIpc) is 3.00. The molecule has 2 aromatic carbocycles. The maximum absolute atomic E-state index is 13.2. The summed E-state index contributed by atoms with van der Waals surface area (Å²) in [6.45, 7) is 2.50. The number of carbonyl (C=O) groups excluding carboxylic acids is 1. The Balaban J connectivity index is 1.98. The zero-order valence-electron chi connectivity index (χ0n) is 15.1. The number of rotatable bonds is 4. The molecule has 4 rings (SSSR count). The zero-order valence-corrected chi connectivity index (χ0v) is 15.1. The number of fused-ring (bicyclic) bond motifs is 2. The fourth-order valence-electron chi connectivity index (χ4n) is 3.43. The predicted molar refractivity (Wildman–Crippen MR) is 104 cm³/mol. The highest BCUT2D eigenvalue weighted by Gasteiger charge is 2.24. The summed E-state index contributed by atoms with van der Waals surface area (Å²) >= 11 is 0. The van der Waals surface area contributed by atoms with Crippen LogP contribution in [0.4, 0.5) is 4.39 Å². The molecule has 0 aliphatic heterocycles. The molecule has 28 heavy (non-hydrogen) atoms. The van der Waals surface area contributed by atoms with Crippen LogP contribution in [-0.2, 0) is 6.54 Å². The van der Waals surface area contributed by atoms with Gasteiger partial charge in [-0.05, 0) is 30.7 Å². The van der Waals surface area contributed by atoms with Crippen molar-refractivity contribution in [3.8, 4) is 11.6 Å². The lowest BCUT2D eigenvalue weighted by Gasteiger charge is -2.10. The Morgan fingerprint density at radius 1 is 1.18 bits per heavy atom. The van der Waals surface area contributed by atoms with Crippen LogP contribution in [0, 0.1) is 5.82 Å². The molecule has 6 nitrogen and oxygen atoms in total. The lowest BCUT2D eigenvalue weighted by atomic mass is 10.0. The number of pyridine rings is 1. The van der Waals surface area contributed by atoms with E-state index in [1.807, 2.05) is 6.92 Å². The highest BCUT2D eigenvalue weighted by molar-refractivity contribution is 6.21. The molecule has 7 heteroatoms. The molecule has 3 N–H and O–H groups in total. The van der Waals surface area contributed by atoms with Gasteiger partial charge in [0.25, 0.3) is 5.91 Å². The van der Waals surface area contributed by atoms with E-state index >= 15 is 0 Å². The molecular weight excluding hydrogens is 361 g/mol. The second-order valence-corrected chi connectivity index (χ2v) is 6.48. The number of phenols is 1. The Morgan fingerprint density at radius 3 is 2.64 bits per heavy atom. The summed E-state index contributed by atoms with van der Waals surface area (Å²) in [5.74, 6) is -1.03. The number of phenolic OH excluding ortho intramolecular Hbond substituents is 1. The van der Waals surface area contributed by atoms with Gasteiger partial charge in [0.05, 0.1) is 17.5 Å². The summed E-state index contributed by atoms with van der Waals surface area (Å²) in [6, 6.07) is 9.30. The quantitative estimate of drug-likeness (QED) is 0.506. The molecule has 0 unspecified atom stereocenters. The first-order chi connectivity index (χ1) is 13.5. The van der Waals surface area contributed by atoms with E-state index in [1.54, 1.807) is 30.5 Å². The molecule has 1 amide bonds. The van der Waals surface area contributed by atoms with Gasteiger partial charge in [-0.1, -0.05) is 18.2 Å². The van der Waals surface area contributed by atoms with Gasteiger partial charge in [0.2, 0.25) is 5.88 Å². The van der Waals surface area contributed by atoms with Crippen LogP contribution in [0.1, 0.15) is 22.8 Å². The van der Waals surface area contributed by atoms with Crippen molar-refractivity contribution in [2.24, 2.45) is 0 Å². The fraction of sp³-hybridized carbons (Fsp3) is 0.143. The molecule has 0 radical (unpaired) electrons. The standard InChI is InChI=1S/C21H18FN3O3/c1-2-23-20(27)16-14-4-3-9-24-18(14)19(26)17-15(16)11-25(21(17)28)10-12-5-7-13(22)8-6-12/h3-9,11,26,28H,2,10H2,1H3,(H,23,27). The van der Waals surface area contributed by atoms with Crippen molar-refractivity contribution in [3.63, 3.8) is 0 Å². The Kier molecular flexibility index (Phi) is 4.35. The molecule has 0 aliphatic carbocycles. The normalized spacial score (nSPS) is 11.2. The molecule has 0 saturated heterocycles. The lowest BCUT2D eigenvalue weighted by Crippen LogP contribution is -2.23. The van der Waals surface area contributed by atoms with Crippen molar-refractivity contribution in [2.45, 2.75) is 13.5 Å². The molecule has 0 aliphatic rings. The molecule has 0 atom stereocenters. The lowest BCUT2D eigenvalue weighted by molar-refractivity contribution is 0.0959. The maximum atomic E-state index is 13.2. The molecule has 0 spiro atoms. The molecule has 0 fully saturated rings. The van der Waals surface area contributed by atoms with Gasteiger partial charge in [0, 0.05) is 29.7 Å². The second kappa shape index (κ2) is 6.84. The molecule has 0 bridgehead atoms. The maximum Gasteiger partial charge on any atom is 0.252 e. The molecule has 2 aromatic heterocycles. The average molecular weight is 379 g/mol. The van der Waals surface area contributed by atoms with Gasteiger partial charge in [-0.15, -0.1) is 0 Å². The van der Waals surface area contributed by atoms with E-state index in [1.165, 1.54) is 22.9 Å². The Bertz CT molecular complexity index is 1200. The number of aromatic nitrogens is 2. The first-order valence-corrected chi connectivity index (χ1v) is 8.85. The largest absolute Gasteiger partial charge is 0.505 e. The Hall–Kier alpha value is -3.61. The van der Waals surface area contributed by atoms with Crippen molar-refractivity contribution in [1.82, 2.24) is 14.9 Å².